The molecular weight excluding hydrogens is 1170 g/mol. The van der Waals surface area contributed by atoms with Crippen LogP contribution in [0.5, 0.6) is 11.5 Å². The summed E-state index contributed by atoms with van der Waals surface area (Å²) >= 11 is 0. The van der Waals surface area contributed by atoms with E-state index >= 15 is 0 Å². The Bertz CT molecular complexity index is 2320. The van der Waals surface area contributed by atoms with Crippen molar-refractivity contribution >= 4 is 37.5 Å². The zero-order chi connectivity index (χ0) is 65.5. The summed E-state index contributed by atoms with van der Waals surface area (Å²) in [5, 5.41) is 9.02. The Morgan fingerprint density at radius 1 is 0.495 bits per heavy atom. The number of phosphoric acid groups is 1. The molecule has 91 heavy (non-hydrogen) atoms. The van der Waals surface area contributed by atoms with Crippen molar-refractivity contribution in [3.8, 4) is 11.5 Å². The van der Waals surface area contributed by atoms with Crippen molar-refractivity contribution in [1.82, 2.24) is 16.0 Å². The molecule has 0 saturated carbocycles. The minimum Gasteiger partial charge on any atom is -0.463 e. The van der Waals surface area contributed by atoms with Crippen LogP contribution in [0.25, 0.3) is 0 Å². The van der Waals surface area contributed by atoms with Crippen molar-refractivity contribution in [3.05, 3.63) is 109 Å². The number of allylic oxidation sites excluding steroid dienone is 1. The molecule has 3 aromatic rings. The molecule has 0 aliphatic carbocycles. The molecule has 512 valence electrons. The highest BCUT2D eigenvalue weighted by molar-refractivity contribution is 7.49. The molecule has 0 spiro atoms. The summed E-state index contributed by atoms with van der Waals surface area (Å²) < 4.78 is 50.3. The highest BCUT2D eigenvalue weighted by atomic mass is 31.2. The monoisotopic (exact) mass is 1290 g/mol. The molecule has 3 rings (SSSR count). The molecule has 0 bridgehead atoms. The molecule has 4 atom stereocenters. The van der Waals surface area contributed by atoms with Crippen LogP contribution in [0.3, 0.4) is 0 Å². The Hall–Kier alpha value is -5.50. The summed E-state index contributed by atoms with van der Waals surface area (Å²) in [6, 6.07) is 25.2. The topological polar surface area (TPSA) is 194 Å². The van der Waals surface area contributed by atoms with Crippen LogP contribution in [-0.2, 0) is 53.9 Å². The number of esters is 2. The number of hydrogen-bond acceptors (Lipinski definition) is 12. The Morgan fingerprint density at radius 3 is 1.47 bits per heavy atom. The third-order valence-electron chi connectivity index (χ3n) is 16.3. The van der Waals surface area contributed by atoms with Gasteiger partial charge in [0.2, 0.25) is 17.7 Å². The summed E-state index contributed by atoms with van der Waals surface area (Å²) in [6.45, 7) is 10.6. The molecule has 3 aromatic carbocycles. The average Bonchev–Trinajstić information content (AvgIpc) is 3.43. The Kier molecular flexibility index (Phi) is 47.3. The molecule has 16 heteroatoms. The first-order valence-corrected chi connectivity index (χ1v) is 37.1. The summed E-state index contributed by atoms with van der Waals surface area (Å²) in [5.41, 5.74) is 1.03. The molecule has 3 amide bonds. The third kappa shape index (κ3) is 43.1. The molecular formula is C75H120N3O12P. The number of carbonyl (C=O) groups is 5. The average molecular weight is 1290 g/mol. The molecule has 0 saturated heterocycles. The van der Waals surface area contributed by atoms with Crippen molar-refractivity contribution < 1.29 is 56.3 Å². The van der Waals surface area contributed by atoms with E-state index in [1.54, 1.807) is 60.7 Å². The van der Waals surface area contributed by atoms with E-state index < -0.39 is 37.8 Å². The highest BCUT2D eigenvalue weighted by Crippen LogP contribution is 2.49. The third-order valence-corrected chi connectivity index (χ3v) is 17.7. The number of para-hydroxylation sites is 2. The Balaban J connectivity index is 1.79. The Morgan fingerprint density at radius 2 is 0.945 bits per heavy atom. The molecule has 2 unspecified atom stereocenters. The second-order valence-electron chi connectivity index (χ2n) is 24.7. The van der Waals surface area contributed by atoms with E-state index in [0.717, 1.165) is 95.5 Å². The molecule has 0 fully saturated rings. The largest absolute Gasteiger partial charge is 0.587 e. The number of rotatable bonds is 60. The van der Waals surface area contributed by atoms with E-state index in [1.165, 1.54) is 103 Å². The van der Waals surface area contributed by atoms with E-state index in [4.69, 9.17) is 27.8 Å². The molecule has 15 nitrogen and oxygen atoms in total. The normalized spacial score (nSPS) is 12.7. The van der Waals surface area contributed by atoms with E-state index in [9.17, 15) is 28.5 Å². The molecule has 0 aliphatic heterocycles. The lowest BCUT2D eigenvalue weighted by Gasteiger charge is -2.23. The van der Waals surface area contributed by atoms with Gasteiger partial charge in [0.25, 0.3) is 0 Å². The predicted molar refractivity (Wildman–Crippen MR) is 368 cm³/mol. The lowest BCUT2D eigenvalue weighted by Crippen LogP contribution is -2.48. The summed E-state index contributed by atoms with van der Waals surface area (Å²) in [7, 11) is -4.37. The fraction of sp³-hybridized carbons (Fsp3) is 0.667. The second-order valence-corrected chi connectivity index (χ2v) is 26.2. The quantitative estimate of drug-likeness (QED) is 0.0210. The molecule has 0 heterocycles. The first-order chi connectivity index (χ1) is 44.4. The van der Waals surface area contributed by atoms with Crippen molar-refractivity contribution in [2.24, 2.45) is 0 Å². The first-order valence-electron chi connectivity index (χ1n) is 35.7. The van der Waals surface area contributed by atoms with Gasteiger partial charge < -0.3 is 39.2 Å². The number of ether oxygens (including phenoxy) is 3. The van der Waals surface area contributed by atoms with E-state index in [-0.39, 0.29) is 87.3 Å². The Labute approximate surface area is 549 Å². The standard InChI is InChI=1S/C75H120N3O12P/c1-5-9-13-17-20-23-26-29-37-53-68(85-62-64-46-35-32-36-47-64)60-71(79)77-65(63-86-73(81)55-43-16-12-8-4)48-45-58-76-75(83)70(57-59-87-91(84,89-66-49-39-33-40-50-66)90-67-51-41-34-42-52-67)78-72(80)61-69(54-38-30-27-24-21-18-14-10-6-2)88-74(82)56-44-31-28-25-22-19-15-11-7-3/h8,32-36,39-42,46-47,49-52,65,68-70H,4-7,9-31,37-38,43-45,48,53-63H2,1-3H3,(H,76,83)(H,77,79)(H,78,80)/t65?,68-,69-,70?/m1/s1. The number of nitrogens with one attached hydrogen (secondary N) is 3. The van der Waals surface area contributed by atoms with Crippen LogP contribution in [0.4, 0.5) is 0 Å². The van der Waals surface area contributed by atoms with Crippen LogP contribution >= 0.6 is 7.82 Å². The number of benzene rings is 3. The number of phosphoric ester groups is 1. The molecule has 0 radical (unpaired) electrons. The maximum absolute atomic E-state index is 14.4. The summed E-state index contributed by atoms with van der Waals surface area (Å²) in [5.74, 6) is -1.43. The van der Waals surface area contributed by atoms with Crippen LogP contribution in [-0.4, -0.2) is 73.7 Å². The zero-order valence-corrected chi connectivity index (χ0v) is 57.4. The van der Waals surface area contributed by atoms with Gasteiger partial charge in [-0.1, -0.05) is 254 Å². The molecule has 0 aliphatic rings. The smallest absolute Gasteiger partial charge is 0.463 e. The van der Waals surface area contributed by atoms with Crippen molar-refractivity contribution in [2.45, 2.75) is 302 Å². The van der Waals surface area contributed by atoms with Crippen LogP contribution in [0, 0.1) is 0 Å². The first kappa shape index (κ1) is 79.7. The summed E-state index contributed by atoms with van der Waals surface area (Å²) in [4.78, 5) is 69.0. The fourth-order valence-electron chi connectivity index (χ4n) is 10.9. The van der Waals surface area contributed by atoms with Crippen LogP contribution < -0.4 is 25.0 Å². The van der Waals surface area contributed by atoms with Gasteiger partial charge in [0.15, 0.2) is 0 Å². The van der Waals surface area contributed by atoms with Gasteiger partial charge >= 0.3 is 19.8 Å². The van der Waals surface area contributed by atoms with Crippen LogP contribution in [0.2, 0.25) is 0 Å². The van der Waals surface area contributed by atoms with Crippen molar-refractivity contribution in [1.29, 1.82) is 0 Å². The van der Waals surface area contributed by atoms with Gasteiger partial charge in [-0.25, -0.2) is 4.57 Å². The van der Waals surface area contributed by atoms with E-state index in [1.807, 2.05) is 36.4 Å². The van der Waals surface area contributed by atoms with Gasteiger partial charge in [-0.05, 0) is 87.6 Å². The van der Waals surface area contributed by atoms with Gasteiger partial charge in [-0.15, -0.1) is 6.58 Å². The fourth-order valence-corrected chi connectivity index (χ4v) is 12.2. The number of carbonyl (C=O) groups excluding carboxylic acids is 5. The van der Waals surface area contributed by atoms with Gasteiger partial charge in [-0.2, -0.15) is 0 Å². The van der Waals surface area contributed by atoms with Gasteiger partial charge in [0, 0.05) is 25.8 Å². The SMILES string of the molecule is C=CCCCCC(=O)OCC(CCCNC(=O)C(CCOP(=O)(Oc1ccccc1)Oc1ccccc1)NC(=O)C[C@@H](CCCCCCCCCCC)OC(=O)CCCCCCCCCCC)NC(=O)C[C@@H](CCCCCCCCCCC)OCc1ccccc1. The number of amides is 3. The zero-order valence-electron chi connectivity index (χ0n) is 56.5. The maximum Gasteiger partial charge on any atom is 0.587 e. The van der Waals surface area contributed by atoms with Gasteiger partial charge in [0.1, 0.15) is 30.3 Å². The predicted octanol–water partition coefficient (Wildman–Crippen LogP) is 18.9. The number of unbranched alkanes of at least 4 members (excludes halogenated alkanes) is 26. The second kappa shape index (κ2) is 54.0. The van der Waals surface area contributed by atoms with Crippen LogP contribution in [0.1, 0.15) is 277 Å². The van der Waals surface area contributed by atoms with Gasteiger partial charge in [-0.3, -0.25) is 28.5 Å². The minimum absolute atomic E-state index is 0.0516. The lowest BCUT2D eigenvalue weighted by molar-refractivity contribution is -0.151. The van der Waals surface area contributed by atoms with E-state index in [0.29, 0.717) is 32.3 Å². The summed E-state index contributed by atoms with van der Waals surface area (Å²) in [6.07, 6.45) is 36.2. The number of hydrogen-bond donors (Lipinski definition) is 3. The van der Waals surface area contributed by atoms with Crippen molar-refractivity contribution in [3.63, 3.8) is 0 Å². The molecule has 3 N–H and O–H groups in total. The minimum atomic E-state index is -4.37. The van der Waals surface area contributed by atoms with Crippen LogP contribution in [0.15, 0.2) is 104 Å². The van der Waals surface area contributed by atoms with Crippen molar-refractivity contribution in [2.75, 3.05) is 19.8 Å². The molecule has 0 aromatic heterocycles. The maximum atomic E-state index is 14.4. The lowest BCUT2D eigenvalue weighted by atomic mass is 10.0. The van der Waals surface area contributed by atoms with Gasteiger partial charge in [0.05, 0.1) is 38.2 Å². The highest BCUT2D eigenvalue weighted by Gasteiger charge is 2.33. The van der Waals surface area contributed by atoms with E-state index in [2.05, 4.69) is 43.3 Å².